The van der Waals surface area contributed by atoms with Gasteiger partial charge in [0.1, 0.15) is 11.6 Å². The maximum absolute atomic E-state index is 13.3. The SMILES string of the molecule is OC(Cc1cc(F)ccc1F)C1CCCO1. The van der Waals surface area contributed by atoms with Gasteiger partial charge in [-0.1, -0.05) is 0 Å². The van der Waals surface area contributed by atoms with Crippen LogP contribution in [0.25, 0.3) is 0 Å². The van der Waals surface area contributed by atoms with Crippen molar-refractivity contribution in [2.45, 2.75) is 31.5 Å². The minimum Gasteiger partial charge on any atom is -0.390 e. The molecule has 2 unspecified atom stereocenters. The fourth-order valence-corrected chi connectivity index (χ4v) is 1.96. The lowest BCUT2D eigenvalue weighted by atomic mass is 10.0. The molecule has 0 saturated carbocycles. The lowest BCUT2D eigenvalue weighted by Crippen LogP contribution is -2.27. The van der Waals surface area contributed by atoms with Crippen LogP contribution in [0.2, 0.25) is 0 Å². The largest absolute Gasteiger partial charge is 0.390 e. The maximum atomic E-state index is 13.3. The first-order valence-electron chi connectivity index (χ1n) is 5.40. The maximum Gasteiger partial charge on any atom is 0.126 e. The molecule has 0 amide bonds. The average molecular weight is 228 g/mol. The zero-order chi connectivity index (χ0) is 11.5. The molecule has 1 aromatic carbocycles. The minimum absolute atomic E-state index is 0.0915. The lowest BCUT2D eigenvalue weighted by Gasteiger charge is -2.17. The second-order valence-corrected chi connectivity index (χ2v) is 4.06. The van der Waals surface area contributed by atoms with Crippen molar-refractivity contribution in [3.05, 3.63) is 35.4 Å². The third-order valence-corrected chi connectivity index (χ3v) is 2.83. The van der Waals surface area contributed by atoms with Crippen LogP contribution in [-0.2, 0) is 11.2 Å². The van der Waals surface area contributed by atoms with Gasteiger partial charge < -0.3 is 9.84 Å². The van der Waals surface area contributed by atoms with Crippen LogP contribution < -0.4 is 0 Å². The van der Waals surface area contributed by atoms with Crippen LogP contribution in [0.5, 0.6) is 0 Å². The number of rotatable bonds is 3. The molecule has 16 heavy (non-hydrogen) atoms. The molecule has 0 radical (unpaired) electrons. The molecule has 88 valence electrons. The second-order valence-electron chi connectivity index (χ2n) is 4.06. The Balaban J connectivity index is 2.04. The van der Waals surface area contributed by atoms with E-state index in [1.54, 1.807) is 0 Å². The van der Waals surface area contributed by atoms with Crippen LogP contribution in [-0.4, -0.2) is 23.9 Å². The molecule has 1 N–H and O–H groups in total. The molecule has 1 aliphatic heterocycles. The highest BCUT2D eigenvalue weighted by Gasteiger charge is 2.25. The Morgan fingerprint density at radius 3 is 2.94 bits per heavy atom. The highest BCUT2D eigenvalue weighted by molar-refractivity contribution is 5.19. The van der Waals surface area contributed by atoms with E-state index in [9.17, 15) is 13.9 Å². The summed E-state index contributed by atoms with van der Waals surface area (Å²) in [6.07, 6.45) is 0.765. The molecule has 0 aliphatic carbocycles. The highest BCUT2D eigenvalue weighted by Crippen LogP contribution is 2.20. The smallest absolute Gasteiger partial charge is 0.126 e. The van der Waals surface area contributed by atoms with Gasteiger partial charge in [0.2, 0.25) is 0 Å². The van der Waals surface area contributed by atoms with Gasteiger partial charge in [-0.2, -0.15) is 0 Å². The molecule has 0 bridgehead atoms. The van der Waals surface area contributed by atoms with Crippen LogP contribution in [0, 0.1) is 11.6 Å². The minimum atomic E-state index is -0.765. The van der Waals surface area contributed by atoms with Crippen molar-refractivity contribution in [1.82, 2.24) is 0 Å². The normalized spacial score (nSPS) is 22.3. The van der Waals surface area contributed by atoms with E-state index in [0.29, 0.717) is 6.61 Å². The van der Waals surface area contributed by atoms with E-state index in [0.717, 1.165) is 31.0 Å². The summed E-state index contributed by atoms with van der Waals surface area (Å²) < 4.78 is 31.5. The van der Waals surface area contributed by atoms with Crippen LogP contribution in [0.4, 0.5) is 8.78 Å². The van der Waals surface area contributed by atoms with Gasteiger partial charge in [-0.15, -0.1) is 0 Å². The third-order valence-electron chi connectivity index (χ3n) is 2.83. The summed E-state index contributed by atoms with van der Waals surface area (Å²) in [6.45, 7) is 0.632. The highest BCUT2D eigenvalue weighted by atomic mass is 19.1. The molecule has 0 aromatic heterocycles. The summed E-state index contributed by atoms with van der Waals surface area (Å²) in [5, 5.41) is 9.80. The molecule has 2 atom stereocenters. The number of ether oxygens (including phenoxy) is 1. The fraction of sp³-hybridized carbons (Fsp3) is 0.500. The van der Waals surface area contributed by atoms with E-state index < -0.39 is 17.7 Å². The van der Waals surface area contributed by atoms with Crippen molar-refractivity contribution in [3.63, 3.8) is 0 Å². The molecule has 4 heteroatoms. The van der Waals surface area contributed by atoms with E-state index in [2.05, 4.69) is 0 Å². The quantitative estimate of drug-likeness (QED) is 0.858. The molecule has 1 fully saturated rings. The summed E-state index contributed by atoms with van der Waals surface area (Å²) in [5.41, 5.74) is 0.197. The van der Waals surface area contributed by atoms with E-state index in [4.69, 9.17) is 4.74 Å². The monoisotopic (exact) mass is 228 g/mol. The van der Waals surface area contributed by atoms with Gasteiger partial charge >= 0.3 is 0 Å². The molecule has 2 rings (SSSR count). The van der Waals surface area contributed by atoms with Gasteiger partial charge in [-0.3, -0.25) is 0 Å². The second kappa shape index (κ2) is 4.89. The van der Waals surface area contributed by atoms with E-state index in [-0.39, 0.29) is 18.1 Å². The van der Waals surface area contributed by atoms with E-state index >= 15 is 0 Å². The first kappa shape index (κ1) is 11.5. The summed E-state index contributed by atoms with van der Waals surface area (Å²) >= 11 is 0. The Morgan fingerprint density at radius 1 is 1.44 bits per heavy atom. The number of aliphatic hydroxyl groups is 1. The van der Waals surface area contributed by atoms with E-state index in [1.165, 1.54) is 0 Å². The summed E-state index contributed by atoms with van der Waals surface area (Å²) in [6, 6.07) is 3.26. The first-order valence-corrected chi connectivity index (χ1v) is 5.40. The third kappa shape index (κ3) is 2.57. The zero-order valence-corrected chi connectivity index (χ0v) is 8.83. The van der Waals surface area contributed by atoms with Crippen molar-refractivity contribution in [1.29, 1.82) is 0 Å². The van der Waals surface area contributed by atoms with E-state index in [1.807, 2.05) is 0 Å². The van der Waals surface area contributed by atoms with Crippen LogP contribution in [0.3, 0.4) is 0 Å². The molecule has 1 aliphatic rings. The molecular formula is C12H14F2O2. The van der Waals surface area contributed by atoms with Crippen molar-refractivity contribution in [2.75, 3.05) is 6.61 Å². The summed E-state index contributed by atoms with van der Waals surface area (Å²) in [5.74, 6) is -0.977. The first-order chi connectivity index (χ1) is 7.66. The Kier molecular flexibility index (Phi) is 3.51. The van der Waals surface area contributed by atoms with Crippen molar-refractivity contribution < 1.29 is 18.6 Å². The lowest BCUT2D eigenvalue weighted by molar-refractivity contribution is -0.00115. The molecule has 1 saturated heterocycles. The molecule has 0 spiro atoms. The fourth-order valence-electron chi connectivity index (χ4n) is 1.96. The number of benzene rings is 1. The Morgan fingerprint density at radius 2 is 2.25 bits per heavy atom. The number of hydrogen-bond acceptors (Lipinski definition) is 2. The van der Waals surface area contributed by atoms with Gasteiger partial charge in [0, 0.05) is 13.0 Å². The van der Waals surface area contributed by atoms with Gasteiger partial charge in [0.15, 0.2) is 0 Å². The van der Waals surface area contributed by atoms with Crippen molar-refractivity contribution >= 4 is 0 Å². The standard InChI is InChI=1S/C12H14F2O2/c13-9-3-4-10(14)8(6-9)7-11(15)12-2-1-5-16-12/h3-4,6,11-12,15H,1-2,5,7H2. The van der Waals surface area contributed by atoms with Crippen LogP contribution >= 0.6 is 0 Å². The summed E-state index contributed by atoms with van der Waals surface area (Å²) in [7, 11) is 0. The topological polar surface area (TPSA) is 29.5 Å². The predicted molar refractivity (Wildman–Crippen MR) is 55.0 cm³/mol. The van der Waals surface area contributed by atoms with Crippen LogP contribution in [0.1, 0.15) is 18.4 Å². The number of halogens is 2. The van der Waals surface area contributed by atoms with Gasteiger partial charge in [0.05, 0.1) is 12.2 Å². The van der Waals surface area contributed by atoms with Crippen LogP contribution in [0.15, 0.2) is 18.2 Å². The Labute approximate surface area is 92.9 Å². The van der Waals surface area contributed by atoms with Gasteiger partial charge in [-0.05, 0) is 36.6 Å². The predicted octanol–water partition coefficient (Wildman–Crippen LogP) is 2.05. The van der Waals surface area contributed by atoms with Crippen molar-refractivity contribution in [2.24, 2.45) is 0 Å². The molecule has 1 aromatic rings. The Bertz CT molecular complexity index is 362. The zero-order valence-electron chi connectivity index (χ0n) is 8.83. The number of hydrogen-bond donors (Lipinski definition) is 1. The molecule has 1 heterocycles. The Hall–Kier alpha value is -1.00. The molecule has 2 nitrogen and oxygen atoms in total. The summed E-state index contributed by atoms with van der Waals surface area (Å²) in [4.78, 5) is 0. The van der Waals surface area contributed by atoms with Crippen molar-refractivity contribution in [3.8, 4) is 0 Å². The van der Waals surface area contributed by atoms with Gasteiger partial charge in [0.25, 0.3) is 0 Å². The molecular weight excluding hydrogens is 214 g/mol. The number of aliphatic hydroxyl groups excluding tert-OH is 1. The van der Waals surface area contributed by atoms with Gasteiger partial charge in [-0.25, -0.2) is 8.78 Å². The average Bonchev–Trinajstić information content (AvgIpc) is 2.76.